The molecule has 0 unspecified atom stereocenters. The lowest BCUT2D eigenvalue weighted by Crippen LogP contribution is -2.39. The number of ketones is 2. The van der Waals surface area contributed by atoms with Gasteiger partial charge in [-0.05, 0) is 18.2 Å². The first kappa shape index (κ1) is 27.3. The second-order valence-electron chi connectivity index (χ2n) is 6.55. The molecule has 0 aliphatic heterocycles. The molecule has 0 bridgehead atoms. The Balaban J connectivity index is 0.000000612. The van der Waals surface area contributed by atoms with Gasteiger partial charge in [0.25, 0.3) is 0 Å². The quantitative estimate of drug-likeness (QED) is 0.498. The number of amides is 1. The van der Waals surface area contributed by atoms with Crippen LogP contribution in [0.4, 0.5) is 49.6 Å². The van der Waals surface area contributed by atoms with Gasteiger partial charge in [-0.3, -0.25) is 14.4 Å². The van der Waals surface area contributed by atoms with E-state index in [0.717, 1.165) is 12.1 Å². The minimum Gasteiger partial charge on any atom is -0.325 e. The fraction of sp³-hybridized carbons (Fsp3) is 0.438. The van der Waals surface area contributed by atoms with Gasteiger partial charge in [0, 0.05) is 5.41 Å². The first-order valence-corrected chi connectivity index (χ1v) is 7.49. The summed E-state index contributed by atoms with van der Waals surface area (Å²) in [5.74, 6) is -8.39. The van der Waals surface area contributed by atoms with Crippen LogP contribution in [-0.2, 0) is 20.6 Å². The lowest BCUT2D eigenvalue weighted by atomic mass is 9.95. The van der Waals surface area contributed by atoms with Crippen LogP contribution in [0.25, 0.3) is 0 Å². The number of carbonyl (C=O) groups is 3. The molecule has 0 atom stereocenters. The SMILES string of the molecule is CC(C)(C)C(=O)Nc1ccc(F)cc1C(F)(F)F.O=C(C(=O)C(F)(F)F)C(F)(F)F. The van der Waals surface area contributed by atoms with Gasteiger partial charge in [-0.25, -0.2) is 4.39 Å². The lowest BCUT2D eigenvalue weighted by molar-refractivity contribution is -0.193. The van der Waals surface area contributed by atoms with Crippen LogP contribution in [0.3, 0.4) is 0 Å². The van der Waals surface area contributed by atoms with Crippen molar-refractivity contribution < 1.29 is 58.3 Å². The molecule has 170 valence electrons. The van der Waals surface area contributed by atoms with Gasteiger partial charge in [-0.1, -0.05) is 20.8 Å². The molecule has 1 rings (SSSR count). The summed E-state index contributed by atoms with van der Waals surface area (Å²) in [7, 11) is 0. The molecule has 0 fully saturated rings. The highest BCUT2D eigenvalue weighted by molar-refractivity contribution is 6.41. The predicted octanol–water partition coefficient (Wildman–Crippen LogP) is 5.08. The first-order chi connectivity index (χ1) is 13.1. The van der Waals surface area contributed by atoms with Gasteiger partial charge in [-0.2, -0.15) is 39.5 Å². The predicted molar refractivity (Wildman–Crippen MR) is 81.6 cm³/mol. The number of Topliss-reactive ketones (excluding diaryl/α,β-unsaturated/α-hetero) is 2. The summed E-state index contributed by atoms with van der Waals surface area (Å²) in [5, 5.41) is 2.16. The van der Waals surface area contributed by atoms with E-state index in [1.165, 1.54) is 0 Å². The molecule has 0 radical (unpaired) electrons. The second kappa shape index (κ2) is 9.00. The number of alkyl halides is 9. The molecule has 0 heterocycles. The molecule has 30 heavy (non-hydrogen) atoms. The molecule has 0 aliphatic rings. The third-order valence-corrected chi connectivity index (χ3v) is 2.94. The summed E-state index contributed by atoms with van der Waals surface area (Å²) >= 11 is 0. The summed E-state index contributed by atoms with van der Waals surface area (Å²) in [4.78, 5) is 30.9. The minimum atomic E-state index is -5.77. The zero-order chi connectivity index (χ0) is 24.3. The summed E-state index contributed by atoms with van der Waals surface area (Å²) in [6.07, 6.45) is -16.3. The second-order valence-corrected chi connectivity index (χ2v) is 6.55. The summed E-state index contributed by atoms with van der Waals surface area (Å²) in [6.45, 7) is 4.71. The van der Waals surface area contributed by atoms with E-state index >= 15 is 0 Å². The van der Waals surface area contributed by atoms with E-state index in [-0.39, 0.29) is 0 Å². The maximum Gasteiger partial charge on any atom is 0.458 e. The maximum atomic E-state index is 12.8. The molecule has 1 aromatic rings. The minimum absolute atomic E-state index is 0.359. The Morgan fingerprint density at radius 1 is 0.767 bits per heavy atom. The van der Waals surface area contributed by atoms with Crippen molar-refractivity contribution in [3.8, 4) is 0 Å². The third-order valence-electron chi connectivity index (χ3n) is 2.94. The van der Waals surface area contributed by atoms with Crippen LogP contribution < -0.4 is 5.32 Å². The number of benzene rings is 1. The van der Waals surface area contributed by atoms with E-state index in [4.69, 9.17) is 0 Å². The van der Waals surface area contributed by atoms with Crippen LogP contribution >= 0.6 is 0 Å². The molecule has 1 amide bonds. The number of nitrogens with one attached hydrogen (secondary N) is 1. The van der Waals surface area contributed by atoms with Crippen molar-refractivity contribution in [3.05, 3.63) is 29.6 Å². The molecule has 0 aromatic heterocycles. The smallest absolute Gasteiger partial charge is 0.325 e. The molecule has 1 N–H and O–H groups in total. The Kier molecular flexibility index (Phi) is 8.20. The lowest BCUT2D eigenvalue weighted by Gasteiger charge is -2.20. The van der Waals surface area contributed by atoms with Crippen LogP contribution in [-0.4, -0.2) is 29.8 Å². The van der Waals surface area contributed by atoms with Crippen LogP contribution in [0, 0.1) is 11.2 Å². The Morgan fingerprint density at radius 2 is 1.17 bits per heavy atom. The number of carbonyl (C=O) groups excluding carboxylic acids is 3. The van der Waals surface area contributed by atoms with Crippen LogP contribution in [0.15, 0.2) is 18.2 Å². The fourth-order valence-electron chi connectivity index (χ4n) is 1.43. The Labute approximate surface area is 162 Å². The average molecular weight is 457 g/mol. The van der Waals surface area contributed by atoms with Gasteiger partial charge in [0.1, 0.15) is 5.82 Å². The molecule has 0 spiro atoms. The molecular formula is C16H13F10NO3. The van der Waals surface area contributed by atoms with Crippen molar-refractivity contribution in [3.63, 3.8) is 0 Å². The van der Waals surface area contributed by atoms with Crippen molar-refractivity contribution in [2.45, 2.75) is 39.3 Å². The Hall–Kier alpha value is -2.67. The molecule has 0 aliphatic carbocycles. The fourth-order valence-corrected chi connectivity index (χ4v) is 1.43. The van der Waals surface area contributed by atoms with E-state index in [2.05, 4.69) is 5.32 Å². The van der Waals surface area contributed by atoms with E-state index in [1.807, 2.05) is 0 Å². The highest BCUT2D eigenvalue weighted by Gasteiger charge is 2.54. The number of rotatable bonds is 2. The van der Waals surface area contributed by atoms with Gasteiger partial charge >= 0.3 is 30.1 Å². The highest BCUT2D eigenvalue weighted by atomic mass is 19.4. The maximum absolute atomic E-state index is 12.8. The first-order valence-electron chi connectivity index (χ1n) is 7.49. The van der Waals surface area contributed by atoms with E-state index < -0.39 is 58.5 Å². The third kappa shape index (κ3) is 8.37. The molecular weight excluding hydrogens is 444 g/mol. The summed E-state index contributed by atoms with van der Waals surface area (Å²) in [5.41, 5.74) is -2.47. The molecule has 4 nitrogen and oxygen atoms in total. The van der Waals surface area contributed by atoms with Gasteiger partial charge in [0.05, 0.1) is 11.3 Å². The summed E-state index contributed by atoms with van der Waals surface area (Å²) in [6, 6.07) is 2.13. The molecule has 0 saturated heterocycles. The average Bonchev–Trinajstić information content (AvgIpc) is 2.52. The largest absolute Gasteiger partial charge is 0.458 e. The Bertz CT molecular complexity index is 777. The highest BCUT2D eigenvalue weighted by Crippen LogP contribution is 2.35. The van der Waals surface area contributed by atoms with Crippen LogP contribution in [0.5, 0.6) is 0 Å². The van der Waals surface area contributed by atoms with Crippen molar-refractivity contribution in [2.24, 2.45) is 5.41 Å². The number of hydrogen-bond acceptors (Lipinski definition) is 3. The van der Waals surface area contributed by atoms with Crippen LogP contribution in [0.1, 0.15) is 26.3 Å². The zero-order valence-corrected chi connectivity index (χ0v) is 15.2. The van der Waals surface area contributed by atoms with Crippen LogP contribution in [0.2, 0.25) is 0 Å². The van der Waals surface area contributed by atoms with Gasteiger partial charge in [0.2, 0.25) is 5.91 Å². The van der Waals surface area contributed by atoms with Crippen molar-refractivity contribution in [1.29, 1.82) is 0 Å². The van der Waals surface area contributed by atoms with Gasteiger partial charge in [0.15, 0.2) is 0 Å². The van der Waals surface area contributed by atoms with Crippen molar-refractivity contribution in [1.82, 2.24) is 0 Å². The zero-order valence-electron chi connectivity index (χ0n) is 15.2. The monoisotopic (exact) mass is 457 g/mol. The topological polar surface area (TPSA) is 63.2 Å². The van der Waals surface area contributed by atoms with Crippen molar-refractivity contribution >= 4 is 23.2 Å². The standard InChI is InChI=1S/C12H13F4NO.C4F6O2/c1-11(2,3)10(18)17-9-5-4-7(13)6-8(9)12(14,15)16;5-3(6,7)1(11)2(12)4(8,9)10/h4-6H,1-3H3,(H,17,18);. The Morgan fingerprint density at radius 3 is 1.47 bits per heavy atom. The van der Waals surface area contributed by atoms with Crippen molar-refractivity contribution in [2.75, 3.05) is 5.32 Å². The number of hydrogen-bond donors (Lipinski definition) is 1. The van der Waals surface area contributed by atoms with E-state index in [0.29, 0.717) is 6.07 Å². The normalized spacial score (nSPS) is 12.6. The van der Waals surface area contributed by atoms with Gasteiger partial charge in [-0.15, -0.1) is 0 Å². The number of anilines is 1. The van der Waals surface area contributed by atoms with Gasteiger partial charge < -0.3 is 5.32 Å². The summed E-state index contributed by atoms with van der Waals surface area (Å²) < 4.78 is 118. The molecule has 1 aromatic carbocycles. The van der Waals surface area contributed by atoms with E-state index in [9.17, 15) is 58.3 Å². The molecule has 14 heteroatoms. The molecule has 0 saturated carbocycles. The number of halogens is 10. The van der Waals surface area contributed by atoms with E-state index in [1.54, 1.807) is 20.8 Å².